The van der Waals surface area contributed by atoms with Gasteiger partial charge in [0.15, 0.2) is 0 Å². The number of carbonyl (C=O) groups is 1. The highest BCUT2D eigenvalue weighted by Gasteiger charge is 2.25. The lowest BCUT2D eigenvalue weighted by Crippen LogP contribution is -2.20. The molecule has 6 heteroatoms. The van der Waals surface area contributed by atoms with Gasteiger partial charge in [-0.1, -0.05) is 54.2 Å². The van der Waals surface area contributed by atoms with Crippen LogP contribution in [0.3, 0.4) is 0 Å². The molecule has 152 valence electrons. The topological polar surface area (TPSA) is 75.0 Å². The number of benzene rings is 2. The Balaban J connectivity index is 1.97. The molecule has 2 aromatic carbocycles. The van der Waals surface area contributed by atoms with Crippen molar-refractivity contribution in [2.45, 2.75) is 31.0 Å². The van der Waals surface area contributed by atoms with Crippen LogP contribution in [0.1, 0.15) is 34.6 Å². The number of para-hydroxylation sites is 2. The Morgan fingerprint density at radius 1 is 1.17 bits per heavy atom. The van der Waals surface area contributed by atoms with Crippen LogP contribution >= 0.6 is 11.8 Å². The van der Waals surface area contributed by atoms with Crippen molar-refractivity contribution >= 4 is 23.4 Å². The van der Waals surface area contributed by atoms with E-state index in [2.05, 4.69) is 16.4 Å². The molecule has 0 unspecified atom stereocenters. The number of pyridine rings is 1. The van der Waals surface area contributed by atoms with E-state index in [9.17, 15) is 10.1 Å². The number of thioether (sulfide) groups is 1. The largest absolute Gasteiger partial charge is 0.492 e. The molecular formula is C24H23N3O2S. The number of hydrogen-bond acceptors (Lipinski definition) is 5. The predicted octanol–water partition coefficient (Wildman–Crippen LogP) is 5.44. The lowest BCUT2D eigenvalue weighted by Gasteiger charge is -2.19. The first-order valence-corrected chi connectivity index (χ1v) is 10.5. The monoisotopic (exact) mass is 417 g/mol. The molecule has 5 nitrogen and oxygen atoms in total. The molecule has 1 atom stereocenters. The van der Waals surface area contributed by atoms with Gasteiger partial charge in [0, 0.05) is 5.69 Å². The second-order valence-electron chi connectivity index (χ2n) is 6.70. The normalized spacial score (nSPS) is 11.4. The van der Waals surface area contributed by atoms with Crippen molar-refractivity contribution in [2.75, 3.05) is 11.9 Å². The highest BCUT2D eigenvalue weighted by molar-refractivity contribution is 8.00. The Kier molecular flexibility index (Phi) is 7.10. The molecule has 0 aliphatic heterocycles. The van der Waals surface area contributed by atoms with E-state index >= 15 is 0 Å². The van der Waals surface area contributed by atoms with E-state index in [1.54, 1.807) is 0 Å². The summed E-state index contributed by atoms with van der Waals surface area (Å²) in [4.78, 5) is 17.9. The highest BCUT2D eigenvalue weighted by Crippen LogP contribution is 2.38. The highest BCUT2D eigenvalue weighted by atomic mass is 32.2. The third kappa shape index (κ3) is 5.00. The van der Waals surface area contributed by atoms with Crippen molar-refractivity contribution in [3.8, 4) is 11.8 Å². The van der Waals surface area contributed by atoms with Crippen LogP contribution in [0.2, 0.25) is 0 Å². The van der Waals surface area contributed by atoms with Crippen LogP contribution in [-0.4, -0.2) is 17.5 Å². The molecule has 0 saturated carbocycles. The first kappa shape index (κ1) is 21.4. The third-order valence-corrected chi connectivity index (χ3v) is 5.68. The minimum absolute atomic E-state index is 0.205. The summed E-state index contributed by atoms with van der Waals surface area (Å²) in [6, 6.07) is 20.9. The summed E-state index contributed by atoms with van der Waals surface area (Å²) >= 11 is 1.28. The molecule has 1 amide bonds. The van der Waals surface area contributed by atoms with Crippen LogP contribution < -0.4 is 10.1 Å². The van der Waals surface area contributed by atoms with Crippen molar-refractivity contribution in [3.63, 3.8) is 0 Å². The maximum absolute atomic E-state index is 13.3. The number of nitriles is 1. The number of amides is 1. The molecule has 1 heterocycles. The smallest absolute Gasteiger partial charge is 0.242 e. The van der Waals surface area contributed by atoms with Gasteiger partial charge >= 0.3 is 0 Å². The zero-order chi connectivity index (χ0) is 21.5. The molecule has 30 heavy (non-hydrogen) atoms. The lowest BCUT2D eigenvalue weighted by atomic mass is 10.1. The second-order valence-corrected chi connectivity index (χ2v) is 7.79. The molecule has 0 aliphatic rings. The van der Waals surface area contributed by atoms with Gasteiger partial charge in [0.2, 0.25) is 5.91 Å². The molecule has 0 saturated heterocycles. The van der Waals surface area contributed by atoms with E-state index in [4.69, 9.17) is 4.74 Å². The first-order valence-electron chi connectivity index (χ1n) is 9.66. The van der Waals surface area contributed by atoms with Crippen molar-refractivity contribution in [1.29, 1.82) is 5.26 Å². The molecular weight excluding hydrogens is 394 g/mol. The van der Waals surface area contributed by atoms with Crippen LogP contribution in [0.25, 0.3) is 0 Å². The molecule has 1 aromatic heterocycles. The van der Waals surface area contributed by atoms with E-state index in [0.717, 1.165) is 16.8 Å². The summed E-state index contributed by atoms with van der Waals surface area (Å²) in [5, 5.41) is 12.6. The quantitative estimate of drug-likeness (QED) is 0.518. The number of hydrogen-bond donors (Lipinski definition) is 1. The number of rotatable bonds is 7. The van der Waals surface area contributed by atoms with E-state index in [0.29, 0.717) is 28.6 Å². The van der Waals surface area contributed by atoms with Gasteiger partial charge in [0.05, 0.1) is 17.9 Å². The Morgan fingerprint density at radius 3 is 2.57 bits per heavy atom. The standard InChI is InChI=1S/C24H23N3O2S/c1-4-29-21-13-9-8-12-20(21)27-23(28)22(18-10-6-5-7-11-18)30-24-19(15-25)16(2)14-17(3)26-24/h5-14,22H,4H2,1-3H3,(H,27,28)/t22-/m1/s1. The Morgan fingerprint density at radius 2 is 1.87 bits per heavy atom. The number of anilines is 1. The fourth-order valence-electron chi connectivity index (χ4n) is 3.09. The number of aryl methyl sites for hydroxylation is 2. The van der Waals surface area contributed by atoms with Crippen molar-refractivity contribution in [3.05, 3.63) is 83.0 Å². The van der Waals surface area contributed by atoms with E-state index in [1.165, 1.54) is 11.8 Å². The van der Waals surface area contributed by atoms with Gasteiger partial charge in [-0.3, -0.25) is 4.79 Å². The van der Waals surface area contributed by atoms with Gasteiger partial charge in [-0.25, -0.2) is 4.98 Å². The molecule has 0 aliphatic carbocycles. The summed E-state index contributed by atoms with van der Waals surface area (Å²) in [6.45, 7) is 6.17. The third-order valence-electron chi connectivity index (χ3n) is 4.44. The molecule has 0 radical (unpaired) electrons. The molecule has 1 N–H and O–H groups in total. The van der Waals surface area contributed by atoms with Crippen LogP contribution in [0, 0.1) is 25.2 Å². The first-order chi connectivity index (χ1) is 14.5. The number of carbonyl (C=O) groups excluding carboxylic acids is 1. The fourth-order valence-corrected chi connectivity index (χ4v) is 4.29. The zero-order valence-corrected chi connectivity index (χ0v) is 18.0. The average Bonchev–Trinajstić information content (AvgIpc) is 2.74. The van der Waals surface area contributed by atoms with E-state index in [-0.39, 0.29) is 5.91 Å². The maximum atomic E-state index is 13.3. The maximum Gasteiger partial charge on any atom is 0.242 e. The zero-order valence-electron chi connectivity index (χ0n) is 17.2. The second kappa shape index (κ2) is 9.95. The number of aromatic nitrogens is 1. The SMILES string of the molecule is CCOc1ccccc1NC(=O)[C@H](Sc1nc(C)cc(C)c1C#N)c1ccccc1. The fraction of sp³-hybridized carbons (Fsp3) is 0.208. The van der Waals surface area contributed by atoms with Crippen LogP contribution in [0.5, 0.6) is 5.75 Å². The van der Waals surface area contributed by atoms with Gasteiger partial charge in [0.25, 0.3) is 0 Å². The number of nitrogens with one attached hydrogen (secondary N) is 1. The van der Waals surface area contributed by atoms with Gasteiger partial charge in [-0.2, -0.15) is 5.26 Å². The van der Waals surface area contributed by atoms with Gasteiger partial charge in [-0.15, -0.1) is 0 Å². The Hall–Kier alpha value is -3.30. The van der Waals surface area contributed by atoms with Gasteiger partial charge < -0.3 is 10.1 Å². The molecule has 3 aromatic rings. The summed E-state index contributed by atoms with van der Waals surface area (Å²) in [5.41, 5.74) is 3.59. The number of nitrogens with zero attached hydrogens (tertiary/aromatic N) is 2. The summed E-state index contributed by atoms with van der Waals surface area (Å²) < 4.78 is 5.63. The van der Waals surface area contributed by atoms with Crippen molar-refractivity contribution in [2.24, 2.45) is 0 Å². The van der Waals surface area contributed by atoms with Gasteiger partial charge in [0.1, 0.15) is 22.1 Å². The number of ether oxygens (including phenoxy) is 1. The van der Waals surface area contributed by atoms with Gasteiger partial charge in [-0.05, 0) is 50.1 Å². The molecule has 0 bridgehead atoms. The summed E-state index contributed by atoms with van der Waals surface area (Å²) in [5.74, 6) is 0.413. The Bertz CT molecular complexity index is 1080. The van der Waals surface area contributed by atoms with Crippen LogP contribution in [-0.2, 0) is 4.79 Å². The Labute approximate surface area is 181 Å². The van der Waals surface area contributed by atoms with Crippen molar-refractivity contribution < 1.29 is 9.53 Å². The van der Waals surface area contributed by atoms with E-state index in [1.807, 2.05) is 81.4 Å². The molecule has 3 rings (SSSR count). The van der Waals surface area contributed by atoms with Crippen molar-refractivity contribution in [1.82, 2.24) is 4.98 Å². The van der Waals surface area contributed by atoms with E-state index < -0.39 is 5.25 Å². The lowest BCUT2D eigenvalue weighted by molar-refractivity contribution is -0.115. The van der Waals surface area contributed by atoms with Crippen LogP contribution in [0.4, 0.5) is 5.69 Å². The minimum Gasteiger partial charge on any atom is -0.492 e. The molecule has 0 fully saturated rings. The van der Waals surface area contributed by atoms with Crippen LogP contribution in [0.15, 0.2) is 65.7 Å². The average molecular weight is 418 g/mol. The predicted molar refractivity (Wildman–Crippen MR) is 120 cm³/mol. The minimum atomic E-state index is -0.582. The summed E-state index contributed by atoms with van der Waals surface area (Å²) in [6.07, 6.45) is 0. The molecule has 0 spiro atoms. The summed E-state index contributed by atoms with van der Waals surface area (Å²) in [7, 11) is 0.